The van der Waals surface area contributed by atoms with Crippen molar-refractivity contribution in [3.8, 4) is 0 Å². The van der Waals surface area contributed by atoms with E-state index in [1.54, 1.807) is 22.7 Å². The molecule has 18 heavy (non-hydrogen) atoms. The van der Waals surface area contributed by atoms with Crippen LogP contribution in [0.3, 0.4) is 0 Å². The quantitative estimate of drug-likeness (QED) is 0.669. The summed E-state index contributed by atoms with van der Waals surface area (Å²) in [4.78, 5) is 18.3. The third-order valence-corrected chi connectivity index (χ3v) is 3.56. The molecular formula is C13H15N3OS. The highest BCUT2D eigenvalue weighted by Gasteiger charge is 2.33. The summed E-state index contributed by atoms with van der Waals surface area (Å²) in [6.45, 7) is 4.09. The molecule has 2 rings (SSSR count). The fourth-order valence-corrected chi connectivity index (χ4v) is 2.37. The van der Waals surface area contributed by atoms with E-state index < -0.39 is 0 Å². The minimum absolute atomic E-state index is 0.272. The molecule has 1 atom stereocenters. The van der Waals surface area contributed by atoms with E-state index >= 15 is 0 Å². The number of aliphatic imine (C=N–C) groups is 1. The van der Waals surface area contributed by atoms with Crippen LogP contribution in [0.2, 0.25) is 0 Å². The predicted molar refractivity (Wildman–Crippen MR) is 74.9 cm³/mol. The number of nitrogens with two attached hydrogens (primary N) is 1. The summed E-state index contributed by atoms with van der Waals surface area (Å²) in [5, 5.41) is 0. The number of amidine groups is 1. The summed E-state index contributed by atoms with van der Waals surface area (Å²) < 4.78 is 0. The minimum atomic E-state index is -0.300. The summed E-state index contributed by atoms with van der Waals surface area (Å²) in [5.74, 6) is 0.346. The van der Waals surface area contributed by atoms with Gasteiger partial charge in [-0.1, -0.05) is 18.2 Å². The third kappa shape index (κ3) is 2.26. The molecule has 1 heterocycles. The first-order valence-corrected chi connectivity index (χ1v) is 6.79. The second kappa shape index (κ2) is 5.27. The Morgan fingerprint density at radius 3 is 2.72 bits per heavy atom. The topological polar surface area (TPSA) is 58.7 Å². The number of thioether (sulfide) groups is 1. The lowest BCUT2D eigenvalue weighted by Crippen LogP contribution is -2.33. The number of carbonyl (C=O) groups excluding carboxylic acids is 1. The van der Waals surface area contributed by atoms with Crippen molar-refractivity contribution >= 4 is 23.6 Å². The number of carbonyl (C=O) groups is 1. The summed E-state index contributed by atoms with van der Waals surface area (Å²) in [5.41, 5.74) is 6.81. The van der Waals surface area contributed by atoms with E-state index in [2.05, 4.69) is 11.6 Å². The van der Waals surface area contributed by atoms with Crippen LogP contribution in [0.5, 0.6) is 0 Å². The van der Waals surface area contributed by atoms with E-state index in [9.17, 15) is 4.79 Å². The van der Waals surface area contributed by atoms with Gasteiger partial charge in [0.25, 0.3) is 0 Å². The van der Waals surface area contributed by atoms with E-state index in [1.807, 2.05) is 30.5 Å². The normalized spacial score (nSPS) is 18.9. The average molecular weight is 261 g/mol. The summed E-state index contributed by atoms with van der Waals surface area (Å²) in [6, 6.07) is 7.42. The van der Waals surface area contributed by atoms with Crippen molar-refractivity contribution < 1.29 is 4.79 Å². The van der Waals surface area contributed by atoms with Gasteiger partial charge in [0.15, 0.2) is 0 Å². The van der Waals surface area contributed by atoms with Gasteiger partial charge in [-0.2, -0.15) is 4.99 Å². The molecule has 1 aromatic carbocycles. The highest BCUT2D eigenvalue weighted by atomic mass is 32.2. The molecule has 1 aromatic rings. The van der Waals surface area contributed by atoms with Crippen molar-refractivity contribution in [2.75, 3.05) is 12.8 Å². The first kappa shape index (κ1) is 12.7. The lowest BCUT2D eigenvalue weighted by atomic mass is 10.1. The number of benzene rings is 1. The fourth-order valence-electron chi connectivity index (χ4n) is 1.97. The van der Waals surface area contributed by atoms with E-state index in [-0.39, 0.29) is 12.1 Å². The maximum atomic E-state index is 11.7. The van der Waals surface area contributed by atoms with Crippen LogP contribution in [0.4, 0.5) is 4.79 Å². The van der Waals surface area contributed by atoms with Crippen LogP contribution in [0.25, 0.3) is 0 Å². The monoisotopic (exact) mass is 261 g/mol. The zero-order valence-electron chi connectivity index (χ0n) is 10.2. The molecule has 1 aliphatic heterocycles. The van der Waals surface area contributed by atoms with Crippen LogP contribution in [-0.2, 0) is 0 Å². The van der Waals surface area contributed by atoms with E-state index in [0.29, 0.717) is 12.4 Å². The molecule has 0 aliphatic carbocycles. The van der Waals surface area contributed by atoms with Gasteiger partial charge in [0.05, 0.1) is 0 Å². The molecule has 0 saturated carbocycles. The molecule has 4 nitrogen and oxygen atoms in total. The smallest absolute Gasteiger partial charge is 0.346 e. The summed E-state index contributed by atoms with van der Waals surface area (Å²) >= 11 is 1.67. The number of urea groups is 1. The molecule has 1 unspecified atom stereocenters. The van der Waals surface area contributed by atoms with Crippen LogP contribution < -0.4 is 5.73 Å². The molecule has 94 valence electrons. The highest BCUT2D eigenvalue weighted by molar-refractivity contribution is 7.98. The van der Waals surface area contributed by atoms with Crippen LogP contribution in [-0.4, -0.2) is 29.6 Å². The van der Waals surface area contributed by atoms with E-state index in [4.69, 9.17) is 5.73 Å². The number of amides is 2. The van der Waals surface area contributed by atoms with Crippen molar-refractivity contribution in [3.05, 3.63) is 42.5 Å². The molecule has 0 aromatic heterocycles. The van der Waals surface area contributed by atoms with Gasteiger partial charge in [-0.3, -0.25) is 0 Å². The Morgan fingerprint density at radius 2 is 2.17 bits per heavy atom. The molecule has 0 fully saturated rings. The van der Waals surface area contributed by atoms with Gasteiger partial charge in [-0.15, -0.1) is 18.3 Å². The molecular weight excluding hydrogens is 246 g/mol. The average Bonchev–Trinajstić information content (AvgIpc) is 2.65. The van der Waals surface area contributed by atoms with Crippen LogP contribution in [0.1, 0.15) is 11.6 Å². The minimum Gasteiger partial charge on any atom is -0.385 e. The van der Waals surface area contributed by atoms with Crippen molar-refractivity contribution in [3.63, 3.8) is 0 Å². The Labute approximate surface area is 111 Å². The molecule has 5 heteroatoms. The van der Waals surface area contributed by atoms with Crippen molar-refractivity contribution in [1.82, 2.24) is 4.90 Å². The van der Waals surface area contributed by atoms with Gasteiger partial charge < -0.3 is 10.6 Å². The highest BCUT2D eigenvalue weighted by Crippen LogP contribution is 2.28. The zero-order chi connectivity index (χ0) is 13.1. The standard InChI is InChI=1S/C13H15N3OS/c1-3-8-16-11(12(14)15-13(16)17)9-4-6-10(18-2)7-5-9/h3-7,11H,1,8H2,2H3,(H2,14,15,17). The Hall–Kier alpha value is -1.75. The Balaban J connectivity index is 2.31. The largest absolute Gasteiger partial charge is 0.385 e. The van der Waals surface area contributed by atoms with E-state index in [0.717, 1.165) is 5.56 Å². The SMILES string of the molecule is C=CCN1C(=O)N=C(N)C1c1ccc(SC)cc1. The zero-order valence-corrected chi connectivity index (χ0v) is 11.0. The van der Waals surface area contributed by atoms with Crippen LogP contribution in [0.15, 0.2) is 46.8 Å². The van der Waals surface area contributed by atoms with Gasteiger partial charge >= 0.3 is 6.03 Å². The Bertz CT molecular complexity index is 495. The Kier molecular flexibility index (Phi) is 3.72. The first-order valence-electron chi connectivity index (χ1n) is 5.57. The van der Waals surface area contributed by atoms with Crippen molar-refractivity contribution in [2.24, 2.45) is 10.7 Å². The molecule has 2 amide bonds. The fraction of sp³-hybridized carbons (Fsp3) is 0.231. The summed E-state index contributed by atoms with van der Waals surface area (Å²) in [6.07, 6.45) is 3.70. The van der Waals surface area contributed by atoms with Gasteiger partial charge in [0.2, 0.25) is 0 Å². The lowest BCUT2D eigenvalue weighted by Gasteiger charge is -2.23. The molecule has 0 bridgehead atoms. The molecule has 0 radical (unpaired) electrons. The first-order chi connectivity index (χ1) is 8.67. The lowest BCUT2D eigenvalue weighted by molar-refractivity contribution is 0.213. The summed E-state index contributed by atoms with van der Waals surface area (Å²) in [7, 11) is 0. The number of rotatable bonds is 4. The van der Waals surface area contributed by atoms with Gasteiger partial charge in [-0.25, -0.2) is 4.79 Å². The van der Waals surface area contributed by atoms with Crippen LogP contribution >= 0.6 is 11.8 Å². The molecule has 0 saturated heterocycles. The maximum Gasteiger partial charge on any atom is 0.346 e. The number of nitrogens with zero attached hydrogens (tertiary/aromatic N) is 2. The predicted octanol–water partition coefficient (Wildman–Crippen LogP) is 2.43. The van der Waals surface area contributed by atoms with Gasteiger partial charge in [0.1, 0.15) is 11.9 Å². The van der Waals surface area contributed by atoms with E-state index in [1.165, 1.54) is 4.90 Å². The van der Waals surface area contributed by atoms with Gasteiger partial charge in [0, 0.05) is 11.4 Å². The molecule has 1 aliphatic rings. The molecule has 0 spiro atoms. The van der Waals surface area contributed by atoms with Crippen molar-refractivity contribution in [2.45, 2.75) is 10.9 Å². The van der Waals surface area contributed by atoms with Gasteiger partial charge in [-0.05, 0) is 24.0 Å². The van der Waals surface area contributed by atoms with Crippen molar-refractivity contribution in [1.29, 1.82) is 0 Å². The maximum absolute atomic E-state index is 11.7. The second-order valence-corrected chi connectivity index (χ2v) is 4.82. The van der Waals surface area contributed by atoms with Crippen LogP contribution in [0, 0.1) is 0 Å². The second-order valence-electron chi connectivity index (χ2n) is 3.94. The third-order valence-electron chi connectivity index (χ3n) is 2.82. The Morgan fingerprint density at radius 1 is 1.50 bits per heavy atom. The number of hydrogen-bond donors (Lipinski definition) is 1. The molecule has 2 N–H and O–H groups in total. The number of hydrogen-bond acceptors (Lipinski definition) is 3.